The molecule has 5 nitrogen and oxygen atoms in total. The molecule has 0 aliphatic carbocycles. The van der Waals surface area contributed by atoms with Crippen LogP contribution in [0.4, 0.5) is 18.9 Å². The van der Waals surface area contributed by atoms with Gasteiger partial charge >= 0.3 is 6.18 Å². The molecule has 8 heteroatoms. The van der Waals surface area contributed by atoms with Crippen molar-refractivity contribution in [3.63, 3.8) is 0 Å². The van der Waals surface area contributed by atoms with E-state index in [9.17, 15) is 23.1 Å². The van der Waals surface area contributed by atoms with Crippen LogP contribution in [0.1, 0.15) is 34.2 Å². The van der Waals surface area contributed by atoms with Gasteiger partial charge in [0.2, 0.25) is 0 Å². The predicted octanol–water partition coefficient (Wildman–Crippen LogP) is 4.18. The lowest BCUT2D eigenvalue weighted by atomic mass is 10.1. The fraction of sp³-hybridized carbons (Fsp3) is 0.222. The van der Waals surface area contributed by atoms with Crippen molar-refractivity contribution in [1.82, 2.24) is 9.38 Å². The molecule has 2 heterocycles. The van der Waals surface area contributed by atoms with E-state index < -0.39 is 17.6 Å². The standard InChI is InChI=1S/C18H16F3N3O2/c1-3-13-16(17(26)23-14-6-5-12(25)8-10(14)2)24-9-11(18(19,20)21)4-7-15(24)22-13/h4-9,25H,3H2,1-2H3,(H,23,26). The Balaban J connectivity index is 2.08. The second-order valence-electron chi connectivity index (χ2n) is 5.86. The number of aromatic nitrogens is 2. The number of rotatable bonds is 3. The number of hydrogen-bond acceptors (Lipinski definition) is 3. The quantitative estimate of drug-likeness (QED) is 0.686. The Labute approximate surface area is 147 Å². The number of amides is 1. The molecule has 2 N–H and O–H groups in total. The van der Waals surface area contributed by atoms with Gasteiger partial charge in [-0.3, -0.25) is 9.20 Å². The van der Waals surface area contributed by atoms with Crippen LogP contribution >= 0.6 is 0 Å². The molecule has 1 aromatic carbocycles. The number of fused-ring (bicyclic) bond motifs is 1. The lowest BCUT2D eigenvalue weighted by molar-refractivity contribution is -0.137. The fourth-order valence-electron chi connectivity index (χ4n) is 2.72. The molecule has 3 rings (SSSR count). The Morgan fingerprint density at radius 2 is 2.00 bits per heavy atom. The lowest BCUT2D eigenvalue weighted by Crippen LogP contribution is -2.17. The fourth-order valence-corrected chi connectivity index (χ4v) is 2.72. The largest absolute Gasteiger partial charge is 0.508 e. The number of phenolic OH excluding ortho intramolecular Hbond substituents is 1. The van der Waals surface area contributed by atoms with Crippen molar-refractivity contribution in [3.8, 4) is 5.75 Å². The summed E-state index contributed by atoms with van der Waals surface area (Å²) in [5, 5.41) is 12.1. The van der Waals surface area contributed by atoms with Gasteiger partial charge < -0.3 is 10.4 Å². The Bertz CT molecular complexity index is 993. The normalized spacial score (nSPS) is 11.7. The molecule has 0 bridgehead atoms. The number of hydrogen-bond donors (Lipinski definition) is 2. The molecule has 0 saturated heterocycles. The number of pyridine rings is 1. The molecule has 1 amide bonds. The minimum atomic E-state index is -4.52. The SMILES string of the molecule is CCc1nc2ccc(C(F)(F)F)cn2c1C(=O)Nc1ccc(O)cc1C. The van der Waals surface area contributed by atoms with Crippen LogP contribution in [0.25, 0.3) is 5.65 Å². The van der Waals surface area contributed by atoms with Gasteiger partial charge in [0, 0.05) is 11.9 Å². The van der Waals surface area contributed by atoms with Gasteiger partial charge in [-0.15, -0.1) is 0 Å². The molecular weight excluding hydrogens is 347 g/mol. The summed E-state index contributed by atoms with van der Waals surface area (Å²) >= 11 is 0. The van der Waals surface area contributed by atoms with Gasteiger partial charge in [0.25, 0.3) is 5.91 Å². The third kappa shape index (κ3) is 3.22. The average molecular weight is 363 g/mol. The topological polar surface area (TPSA) is 66.6 Å². The Hall–Kier alpha value is -3.03. The van der Waals surface area contributed by atoms with Crippen molar-refractivity contribution >= 4 is 17.2 Å². The highest BCUT2D eigenvalue weighted by Gasteiger charge is 2.31. The molecule has 0 saturated carbocycles. The molecule has 2 aromatic heterocycles. The van der Waals surface area contributed by atoms with E-state index >= 15 is 0 Å². The Morgan fingerprint density at radius 3 is 2.62 bits per heavy atom. The monoisotopic (exact) mass is 363 g/mol. The van der Waals surface area contributed by atoms with Crippen molar-refractivity contribution in [2.45, 2.75) is 26.4 Å². The summed E-state index contributed by atoms with van der Waals surface area (Å²) in [5.41, 5.74) is 0.944. The third-order valence-corrected chi connectivity index (χ3v) is 4.03. The zero-order chi connectivity index (χ0) is 19.1. The molecule has 0 spiro atoms. The molecule has 0 radical (unpaired) electrons. The minimum Gasteiger partial charge on any atom is -0.508 e. The molecule has 0 aliphatic rings. The Kier molecular flexibility index (Phi) is 4.35. The summed E-state index contributed by atoms with van der Waals surface area (Å²) < 4.78 is 40.2. The van der Waals surface area contributed by atoms with E-state index in [4.69, 9.17) is 0 Å². The maximum Gasteiger partial charge on any atom is 0.417 e. The van der Waals surface area contributed by atoms with E-state index in [0.29, 0.717) is 23.4 Å². The molecule has 3 aromatic rings. The number of phenols is 1. The van der Waals surface area contributed by atoms with Crippen molar-refractivity contribution in [2.75, 3.05) is 5.32 Å². The van der Waals surface area contributed by atoms with E-state index in [2.05, 4.69) is 10.3 Å². The predicted molar refractivity (Wildman–Crippen MR) is 90.4 cm³/mol. The first-order valence-corrected chi connectivity index (χ1v) is 7.90. The molecule has 0 aliphatic heterocycles. The van der Waals surface area contributed by atoms with E-state index in [0.717, 1.165) is 16.7 Å². The summed E-state index contributed by atoms with van der Waals surface area (Å²) in [5.74, 6) is -0.512. The van der Waals surface area contributed by atoms with E-state index in [-0.39, 0.29) is 17.1 Å². The number of halogens is 3. The molecule has 0 atom stereocenters. The molecular formula is C18H16F3N3O2. The molecule has 0 unspecified atom stereocenters. The van der Waals surface area contributed by atoms with Gasteiger partial charge in [-0.1, -0.05) is 6.92 Å². The van der Waals surface area contributed by atoms with Crippen LogP contribution < -0.4 is 5.32 Å². The first kappa shape index (κ1) is 17.8. The van der Waals surface area contributed by atoms with Crippen LogP contribution in [0.3, 0.4) is 0 Å². The summed E-state index contributed by atoms with van der Waals surface area (Å²) in [4.78, 5) is 17.0. The van der Waals surface area contributed by atoms with Gasteiger partial charge in [0.1, 0.15) is 17.1 Å². The van der Waals surface area contributed by atoms with Crippen LogP contribution in [0, 0.1) is 6.92 Å². The highest BCUT2D eigenvalue weighted by atomic mass is 19.4. The number of anilines is 1. The molecule has 136 valence electrons. The van der Waals surface area contributed by atoms with Crippen LogP contribution in [0.2, 0.25) is 0 Å². The number of nitrogens with one attached hydrogen (secondary N) is 1. The zero-order valence-corrected chi connectivity index (χ0v) is 14.1. The van der Waals surface area contributed by atoms with Crippen LogP contribution in [-0.4, -0.2) is 20.4 Å². The first-order chi connectivity index (χ1) is 12.2. The van der Waals surface area contributed by atoms with Gasteiger partial charge in [0.15, 0.2) is 0 Å². The van der Waals surface area contributed by atoms with Crippen molar-refractivity contribution < 1.29 is 23.1 Å². The number of imidazole rings is 1. The number of benzene rings is 1. The number of nitrogens with zero attached hydrogens (tertiary/aromatic N) is 2. The number of carbonyl (C=O) groups excluding carboxylic acids is 1. The first-order valence-electron chi connectivity index (χ1n) is 7.90. The van der Waals surface area contributed by atoms with Crippen LogP contribution in [0.15, 0.2) is 36.5 Å². The molecule has 26 heavy (non-hydrogen) atoms. The van der Waals surface area contributed by atoms with Gasteiger partial charge in [0.05, 0.1) is 11.3 Å². The van der Waals surface area contributed by atoms with E-state index in [1.54, 1.807) is 13.8 Å². The number of aromatic hydroxyl groups is 1. The van der Waals surface area contributed by atoms with Crippen molar-refractivity contribution in [2.24, 2.45) is 0 Å². The highest BCUT2D eigenvalue weighted by Crippen LogP contribution is 2.30. The van der Waals surface area contributed by atoms with E-state index in [1.165, 1.54) is 24.3 Å². The maximum absolute atomic E-state index is 13.0. The minimum absolute atomic E-state index is 0.0550. The third-order valence-electron chi connectivity index (χ3n) is 4.03. The number of carbonyl (C=O) groups is 1. The summed E-state index contributed by atoms with van der Waals surface area (Å²) in [7, 11) is 0. The second-order valence-corrected chi connectivity index (χ2v) is 5.86. The van der Waals surface area contributed by atoms with Gasteiger partial charge in [-0.2, -0.15) is 13.2 Å². The van der Waals surface area contributed by atoms with Gasteiger partial charge in [-0.25, -0.2) is 4.98 Å². The van der Waals surface area contributed by atoms with Crippen LogP contribution in [0.5, 0.6) is 5.75 Å². The summed E-state index contributed by atoms with van der Waals surface area (Å²) in [6.07, 6.45) is -3.26. The number of aryl methyl sites for hydroxylation is 2. The summed E-state index contributed by atoms with van der Waals surface area (Å²) in [6.45, 7) is 3.47. The zero-order valence-electron chi connectivity index (χ0n) is 14.1. The van der Waals surface area contributed by atoms with Crippen molar-refractivity contribution in [1.29, 1.82) is 0 Å². The molecule has 0 fully saturated rings. The summed E-state index contributed by atoms with van der Waals surface area (Å²) in [6, 6.07) is 6.60. The highest BCUT2D eigenvalue weighted by molar-refractivity contribution is 6.05. The second kappa shape index (κ2) is 6.36. The van der Waals surface area contributed by atoms with E-state index in [1.807, 2.05) is 0 Å². The smallest absolute Gasteiger partial charge is 0.417 e. The average Bonchev–Trinajstić information content (AvgIpc) is 2.94. The Morgan fingerprint density at radius 1 is 1.27 bits per heavy atom. The maximum atomic E-state index is 13.0. The van der Waals surface area contributed by atoms with Gasteiger partial charge in [-0.05, 0) is 49.2 Å². The number of alkyl halides is 3. The van der Waals surface area contributed by atoms with Crippen LogP contribution in [-0.2, 0) is 12.6 Å². The lowest BCUT2D eigenvalue weighted by Gasteiger charge is -2.11. The van der Waals surface area contributed by atoms with Crippen molar-refractivity contribution in [3.05, 3.63) is 59.0 Å².